The van der Waals surface area contributed by atoms with E-state index >= 15 is 0 Å². The van der Waals surface area contributed by atoms with Crippen LogP contribution in [-0.4, -0.2) is 23.0 Å². The molecule has 9 heteroatoms. The first-order valence-corrected chi connectivity index (χ1v) is 9.22. The van der Waals surface area contributed by atoms with E-state index in [4.69, 9.17) is 21.4 Å². The van der Waals surface area contributed by atoms with Crippen molar-refractivity contribution in [1.29, 1.82) is 0 Å². The van der Waals surface area contributed by atoms with E-state index in [1.165, 1.54) is 7.11 Å². The van der Waals surface area contributed by atoms with Gasteiger partial charge in [-0.2, -0.15) is 5.10 Å². The number of nitrogens with two attached hydrogens (primary N) is 2. The number of nitrogens with one attached hydrogen (secondary N) is 2. The van der Waals surface area contributed by atoms with Crippen molar-refractivity contribution < 1.29 is 9.84 Å². The predicted molar refractivity (Wildman–Crippen MR) is 113 cm³/mol. The fourth-order valence-corrected chi connectivity index (χ4v) is 3.96. The second-order valence-corrected chi connectivity index (χ2v) is 6.91. The minimum Gasteiger partial charge on any atom is -0.504 e. The monoisotopic (exact) mass is 394 g/mol. The molecular weight excluding hydrogens is 376 g/mol. The van der Waals surface area contributed by atoms with Gasteiger partial charge in [0, 0.05) is 32.8 Å². The van der Waals surface area contributed by atoms with E-state index in [1.54, 1.807) is 29.5 Å². The summed E-state index contributed by atoms with van der Waals surface area (Å²) in [6.07, 6.45) is 0. The van der Waals surface area contributed by atoms with Crippen molar-refractivity contribution in [2.45, 2.75) is 0 Å². The molecule has 0 saturated carbocycles. The highest BCUT2D eigenvalue weighted by Gasteiger charge is 2.13. The zero-order chi connectivity index (χ0) is 19.7. The Hall–Kier alpha value is -3.56. The average Bonchev–Trinajstić information content (AvgIpc) is 3.21. The van der Waals surface area contributed by atoms with Gasteiger partial charge in [-0.3, -0.25) is 0 Å². The summed E-state index contributed by atoms with van der Waals surface area (Å²) < 4.78 is 6.29. The number of anilines is 2. The maximum absolute atomic E-state index is 9.81. The number of hydrazone groups is 1. The molecule has 0 fully saturated rings. The minimum atomic E-state index is 0.0766. The Kier molecular flexibility index (Phi) is 4.60. The largest absolute Gasteiger partial charge is 0.504 e. The lowest BCUT2D eigenvalue weighted by molar-refractivity contribution is 0.374. The molecular formula is C19H18N6O2S. The highest BCUT2D eigenvalue weighted by molar-refractivity contribution is 7.18. The molecule has 0 amide bonds. The van der Waals surface area contributed by atoms with E-state index in [2.05, 4.69) is 15.8 Å². The number of benzene rings is 2. The lowest BCUT2D eigenvalue weighted by atomic mass is 10.1. The second-order valence-electron chi connectivity index (χ2n) is 5.99. The maximum Gasteiger partial charge on any atom is 0.166 e. The van der Waals surface area contributed by atoms with Gasteiger partial charge in [0.15, 0.2) is 17.3 Å². The van der Waals surface area contributed by atoms with Crippen LogP contribution in [0.25, 0.3) is 21.0 Å². The number of fused-ring (bicyclic) bond motifs is 3. The number of methoxy groups -OCH3 is 1. The Labute approximate surface area is 164 Å². The zero-order valence-electron chi connectivity index (χ0n) is 14.9. The highest BCUT2D eigenvalue weighted by Crippen LogP contribution is 2.36. The molecule has 0 atom stereocenters. The van der Waals surface area contributed by atoms with E-state index in [0.717, 1.165) is 32.2 Å². The Morgan fingerprint density at radius 1 is 1.18 bits per heavy atom. The van der Waals surface area contributed by atoms with Gasteiger partial charge >= 0.3 is 0 Å². The fraction of sp³-hybridized carbons (Fsp3) is 0.0526. The SMILES string of the molecule is COc1cc(Nc2nc3cc(/C(=N/N)NN)ccc3c3sccc23)ccc1O. The van der Waals surface area contributed by atoms with Crippen molar-refractivity contribution in [2.75, 3.05) is 12.4 Å². The molecule has 0 aliphatic rings. The number of hydrogen-bond acceptors (Lipinski definition) is 8. The van der Waals surface area contributed by atoms with Crippen LogP contribution in [-0.2, 0) is 0 Å². The van der Waals surface area contributed by atoms with Crippen molar-refractivity contribution in [2.24, 2.45) is 16.8 Å². The number of rotatable bonds is 4. The van der Waals surface area contributed by atoms with Crippen molar-refractivity contribution in [3.8, 4) is 11.5 Å². The number of amidine groups is 1. The molecule has 142 valence electrons. The quantitative estimate of drug-likeness (QED) is 0.118. The Bertz CT molecular complexity index is 1200. The first-order chi connectivity index (χ1) is 13.6. The van der Waals surface area contributed by atoms with Gasteiger partial charge < -0.3 is 26.4 Å². The standard InChI is InChI=1S/C19H18N6O2S/c1-27-16-9-11(3-5-15(16)26)22-19-13-6-7-28-17(13)12-4-2-10(8-14(12)23-19)18(24-20)25-21/h2-9,26H,20-21H2,1H3,(H,22,23)(H,24,25). The number of phenols is 1. The van der Waals surface area contributed by atoms with Gasteiger partial charge in [-0.1, -0.05) is 12.1 Å². The Balaban J connectivity index is 1.86. The van der Waals surface area contributed by atoms with Crippen LogP contribution in [0.2, 0.25) is 0 Å². The van der Waals surface area contributed by atoms with E-state index < -0.39 is 0 Å². The lowest BCUT2D eigenvalue weighted by Crippen LogP contribution is -2.32. The summed E-state index contributed by atoms with van der Waals surface area (Å²) in [5, 5.41) is 20.8. The number of aromatic hydroxyl groups is 1. The Morgan fingerprint density at radius 2 is 2.04 bits per heavy atom. The molecule has 0 aliphatic heterocycles. The van der Waals surface area contributed by atoms with Gasteiger partial charge in [-0.25, -0.2) is 10.8 Å². The maximum atomic E-state index is 9.81. The average molecular weight is 394 g/mol. The predicted octanol–water partition coefficient (Wildman–Crippen LogP) is 2.99. The van der Waals surface area contributed by atoms with Crippen LogP contribution in [0, 0.1) is 0 Å². The molecule has 0 unspecified atom stereocenters. The van der Waals surface area contributed by atoms with Crippen molar-refractivity contribution in [3.05, 3.63) is 53.4 Å². The summed E-state index contributed by atoms with van der Waals surface area (Å²) in [7, 11) is 1.51. The third-order valence-electron chi connectivity index (χ3n) is 4.38. The number of thiophene rings is 1. The van der Waals surface area contributed by atoms with Crippen molar-refractivity contribution >= 4 is 49.7 Å². The van der Waals surface area contributed by atoms with Gasteiger partial charge in [0.05, 0.1) is 12.6 Å². The van der Waals surface area contributed by atoms with E-state index in [0.29, 0.717) is 17.4 Å². The number of pyridine rings is 1. The first kappa shape index (κ1) is 17.8. The number of aromatic nitrogens is 1. The number of hydrogen-bond donors (Lipinski definition) is 5. The summed E-state index contributed by atoms with van der Waals surface area (Å²) >= 11 is 1.64. The smallest absolute Gasteiger partial charge is 0.166 e. The Morgan fingerprint density at radius 3 is 2.79 bits per heavy atom. The number of ether oxygens (including phenoxy) is 1. The molecule has 0 spiro atoms. The molecule has 0 bridgehead atoms. The van der Waals surface area contributed by atoms with Gasteiger partial charge in [0.25, 0.3) is 0 Å². The first-order valence-electron chi connectivity index (χ1n) is 8.34. The number of hydrazine groups is 1. The van der Waals surface area contributed by atoms with Crippen LogP contribution in [0.3, 0.4) is 0 Å². The molecule has 4 aromatic rings. The number of phenolic OH excluding ortho intramolecular Hbond substituents is 1. The summed E-state index contributed by atoms with van der Waals surface area (Å²) in [5.41, 5.74) is 4.74. The van der Waals surface area contributed by atoms with Crippen LogP contribution >= 0.6 is 11.3 Å². The molecule has 2 heterocycles. The number of nitrogens with zero attached hydrogens (tertiary/aromatic N) is 2. The van der Waals surface area contributed by atoms with Gasteiger partial charge in [0.2, 0.25) is 0 Å². The van der Waals surface area contributed by atoms with Gasteiger partial charge in [-0.05, 0) is 29.6 Å². The van der Waals surface area contributed by atoms with Crippen LogP contribution in [0.5, 0.6) is 11.5 Å². The molecule has 0 saturated heterocycles. The third kappa shape index (κ3) is 3.02. The zero-order valence-corrected chi connectivity index (χ0v) is 15.7. The van der Waals surface area contributed by atoms with Crippen molar-refractivity contribution in [3.63, 3.8) is 0 Å². The molecule has 4 rings (SSSR count). The lowest BCUT2D eigenvalue weighted by Gasteiger charge is -2.12. The van der Waals surface area contributed by atoms with Crippen LogP contribution in [0.15, 0.2) is 52.9 Å². The second kappa shape index (κ2) is 7.22. The molecule has 8 nitrogen and oxygen atoms in total. The van der Waals surface area contributed by atoms with Crippen LogP contribution in [0.1, 0.15) is 5.56 Å². The molecule has 2 aromatic carbocycles. The van der Waals surface area contributed by atoms with Crippen LogP contribution < -0.4 is 27.2 Å². The normalized spacial score (nSPS) is 11.7. The van der Waals surface area contributed by atoms with Gasteiger partial charge in [-0.15, -0.1) is 11.3 Å². The summed E-state index contributed by atoms with van der Waals surface area (Å²) in [6.45, 7) is 0. The van der Waals surface area contributed by atoms with Gasteiger partial charge in [0.1, 0.15) is 5.82 Å². The summed E-state index contributed by atoms with van der Waals surface area (Å²) in [6, 6.07) is 12.8. The highest BCUT2D eigenvalue weighted by atomic mass is 32.1. The van der Waals surface area contributed by atoms with E-state index in [1.807, 2.05) is 29.6 Å². The molecule has 2 aromatic heterocycles. The molecule has 0 aliphatic carbocycles. The van der Waals surface area contributed by atoms with E-state index in [9.17, 15) is 5.11 Å². The van der Waals surface area contributed by atoms with Crippen LogP contribution in [0.4, 0.5) is 11.5 Å². The van der Waals surface area contributed by atoms with E-state index in [-0.39, 0.29) is 5.75 Å². The molecule has 7 N–H and O–H groups in total. The van der Waals surface area contributed by atoms with Crippen molar-refractivity contribution in [1.82, 2.24) is 10.4 Å². The minimum absolute atomic E-state index is 0.0766. The molecule has 28 heavy (non-hydrogen) atoms. The topological polar surface area (TPSA) is 131 Å². The summed E-state index contributed by atoms with van der Waals surface area (Å²) in [4.78, 5) is 4.79. The third-order valence-corrected chi connectivity index (χ3v) is 5.32. The molecule has 0 radical (unpaired) electrons. The fourth-order valence-electron chi connectivity index (χ4n) is 3.03. The summed E-state index contributed by atoms with van der Waals surface area (Å²) in [5.74, 6) is 12.4.